The smallest absolute Gasteiger partial charge is 0.312 e. The molecule has 0 unspecified atom stereocenters. The lowest BCUT2D eigenvalue weighted by Gasteiger charge is -2.40. The number of sulfonamides is 1. The van der Waals surface area contributed by atoms with Crippen LogP contribution in [0.1, 0.15) is 87.6 Å². The molecule has 0 heterocycles. The molecule has 10 N–H and O–H groups in total. The first-order valence-electron chi connectivity index (χ1n) is 20.7. The van der Waals surface area contributed by atoms with Crippen molar-refractivity contribution in [3.8, 4) is 0 Å². The van der Waals surface area contributed by atoms with Crippen LogP contribution in [0.5, 0.6) is 0 Å². The van der Waals surface area contributed by atoms with Crippen molar-refractivity contribution >= 4 is 51.3 Å². The van der Waals surface area contributed by atoms with Gasteiger partial charge in [-0.2, -0.15) is 0 Å². The molecule has 0 aromatic heterocycles. The highest BCUT2D eigenvalue weighted by molar-refractivity contribution is 7.90. The van der Waals surface area contributed by atoms with Gasteiger partial charge in [0.2, 0.25) is 23.6 Å². The van der Waals surface area contributed by atoms with Gasteiger partial charge in [0.1, 0.15) is 17.0 Å². The molecule has 0 radical (unpaired) electrons. The molecule has 17 nitrogen and oxygen atoms in total. The zero-order chi connectivity index (χ0) is 47.3. The fraction of sp³-hybridized carbons (Fsp3) is 0.545. The molecular formula is C44H69N9O8S. The number of rotatable bonds is 21. The van der Waals surface area contributed by atoms with Crippen LogP contribution in [0, 0.1) is 17.3 Å². The molecule has 0 aliphatic rings. The number of nitrogens with zero attached hydrogens (tertiary/aromatic N) is 1. The predicted octanol–water partition coefficient (Wildman–Crippen LogP) is 2.87. The summed E-state index contributed by atoms with van der Waals surface area (Å²) in [6.07, 6.45) is 1.77. The number of primary amides is 1. The van der Waals surface area contributed by atoms with E-state index in [1.165, 1.54) is 42.2 Å². The molecule has 2 aromatic rings. The maximum absolute atomic E-state index is 14.3. The van der Waals surface area contributed by atoms with Crippen LogP contribution in [0.3, 0.4) is 0 Å². The molecule has 5 atom stereocenters. The first-order chi connectivity index (χ1) is 28.7. The van der Waals surface area contributed by atoms with Crippen LogP contribution < -0.4 is 42.8 Å². The number of urea groups is 1. The first kappa shape index (κ1) is 52.8. The summed E-state index contributed by atoms with van der Waals surface area (Å²) in [6.45, 7) is 18.1. The van der Waals surface area contributed by atoms with E-state index in [0.29, 0.717) is 0 Å². The zero-order valence-electron chi connectivity index (χ0n) is 38.2. The highest BCUT2D eigenvalue weighted by Gasteiger charge is 2.42. The van der Waals surface area contributed by atoms with E-state index < -0.39 is 85.6 Å². The average Bonchev–Trinajstić information content (AvgIpc) is 3.18. The molecule has 7 amide bonds. The quantitative estimate of drug-likeness (QED) is 0.0672. The van der Waals surface area contributed by atoms with Crippen molar-refractivity contribution in [1.82, 2.24) is 30.9 Å². The number of anilines is 1. The Morgan fingerprint density at radius 3 is 1.92 bits per heavy atom. The number of amides is 7. The number of carbonyl (C=O) groups excluding carboxylic acids is 6. The Balaban J connectivity index is 2.37. The van der Waals surface area contributed by atoms with Gasteiger partial charge in [-0.05, 0) is 61.8 Å². The summed E-state index contributed by atoms with van der Waals surface area (Å²) in [7, 11) is -1.36. The summed E-state index contributed by atoms with van der Waals surface area (Å²) in [5.41, 5.74) is 10.5. The van der Waals surface area contributed by atoms with Crippen LogP contribution in [-0.4, -0.2) is 99.7 Å². The van der Waals surface area contributed by atoms with Crippen molar-refractivity contribution in [2.24, 2.45) is 28.7 Å². The lowest BCUT2D eigenvalue weighted by molar-refractivity contribution is -0.140. The van der Waals surface area contributed by atoms with Gasteiger partial charge in [0.15, 0.2) is 0 Å². The Kier molecular flexibility index (Phi) is 19.3. The molecule has 0 saturated carbocycles. The standard InChI is InChI=1S/C44H69N9O8S/c1-26(2)32(53(12)41(58)36(43(6,7)8)51-40(57)35(47-11)44(9,10)29-19-14-13-15-20-29)25-28(5)37(54)52-62(60,61)33-23-17-16-21-30(33)49-38(55)31(22-18-24-48-42(46)59)50-39(56)34(45)27(3)4/h13-17,19-21,23,25-27,31-32,34-36,47H,18,22,24,45H2,1-12H3,(H,49,55)(H,50,56)(H,51,57)(H,52,54)(H3,46,48,59)/b28-25+/t31-,32+,34-,35+,36+/m0/s1. The molecule has 0 aliphatic carbocycles. The third kappa shape index (κ3) is 14.7. The SMILES string of the molecule is CN[C@H](C(=O)N[C@H](C(=O)N(C)[C@H](/C=C(\C)C(=O)NS(=O)(=O)c1ccccc1NC(=O)[C@H](CCCNC(N)=O)NC(=O)[C@@H](N)C(C)C)C(C)C)C(C)(C)C)C(C)(C)c1ccccc1. The molecule has 0 saturated heterocycles. The van der Waals surface area contributed by atoms with Gasteiger partial charge < -0.3 is 43.0 Å². The number of hydrogen-bond acceptors (Lipinski definition) is 10. The Morgan fingerprint density at radius 2 is 1.39 bits per heavy atom. The number of carbonyl (C=O) groups is 6. The van der Waals surface area contributed by atoms with Crippen LogP contribution >= 0.6 is 0 Å². The summed E-state index contributed by atoms with van der Waals surface area (Å²) in [6, 6.07) is 9.75. The van der Waals surface area contributed by atoms with E-state index in [1.807, 2.05) is 78.8 Å². The maximum atomic E-state index is 14.3. The second kappa shape index (κ2) is 22.7. The fourth-order valence-corrected chi connectivity index (χ4v) is 7.98. The molecule has 0 fully saturated rings. The lowest BCUT2D eigenvalue weighted by atomic mass is 9.76. The van der Waals surface area contributed by atoms with E-state index in [-0.39, 0.29) is 48.4 Å². The Morgan fingerprint density at radius 1 is 0.806 bits per heavy atom. The van der Waals surface area contributed by atoms with E-state index in [4.69, 9.17) is 11.5 Å². The van der Waals surface area contributed by atoms with Crippen molar-refractivity contribution in [1.29, 1.82) is 0 Å². The minimum absolute atomic E-state index is 0.0153. The fourth-order valence-electron chi connectivity index (χ4n) is 6.80. The average molecular weight is 884 g/mol. The molecule has 0 spiro atoms. The van der Waals surface area contributed by atoms with E-state index in [0.717, 1.165) is 5.56 Å². The van der Waals surface area contributed by atoms with Gasteiger partial charge in [-0.15, -0.1) is 0 Å². The lowest BCUT2D eigenvalue weighted by Crippen LogP contribution is -2.61. The third-order valence-corrected chi connectivity index (χ3v) is 12.1. The highest BCUT2D eigenvalue weighted by Crippen LogP contribution is 2.29. The van der Waals surface area contributed by atoms with Gasteiger partial charge >= 0.3 is 6.03 Å². The van der Waals surface area contributed by atoms with Crippen molar-refractivity contribution < 1.29 is 37.2 Å². The molecule has 0 aliphatic heterocycles. The normalized spacial score (nSPS) is 14.8. The molecule has 344 valence electrons. The Labute approximate surface area is 367 Å². The van der Waals surface area contributed by atoms with Gasteiger partial charge in [0, 0.05) is 24.6 Å². The minimum atomic E-state index is -4.62. The molecular weight excluding hydrogens is 815 g/mol. The van der Waals surface area contributed by atoms with E-state index >= 15 is 0 Å². The maximum Gasteiger partial charge on any atom is 0.312 e. The number of nitrogens with one attached hydrogen (secondary N) is 6. The van der Waals surface area contributed by atoms with E-state index in [9.17, 15) is 37.2 Å². The minimum Gasteiger partial charge on any atom is -0.352 e. The molecule has 2 aromatic carbocycles. The highest BCUT2D eigenvalue weighted by atomic mass is 32.2. The van der Waals surface area contributed by atoms with Crippen molar-refractivity contribution in [2.45, 2.75) is 123 Å². The summed E-state index contributed by atoms with van der Waals surface area (Å²) in [5, 5.41) is 13.7. The summed E-state index contributed by atoms with van der Waals surface area (Å²) >= 11 is 0. The predicted molar refractivity (Wildman–Crippen MR) is 241 cm³/mol. The van der Waals surface area contributed by atoms with E-state index in [2.05, 4.69) is 31.3 Å². The molecule has 0 bridgehead atoms. The van der Waals surface area contributed by atoms with Gasteiger partial charge in [0.25, 0.3) is 15.9 Å². The van der Waals surface area contributed by atoms with Crippen molar-refractivity contribution in [3.63, 3.8) is 0 Å². The Bertz CT molecular complexity index is 2030. The van der Waals surface area contributed by atoms with Gasteiger partial charge in [-0.1, -0.05) is 111 Å². The van der Waals surface area contributed by atoms with Crippen molar-refractivity contribution in [2.75, 3.05) is 26.0 Å². The van der Waals surface area contributed by atoms with Gasteiger partial charge in [0.05, 0.1) is 23.8 Å². The molecule has 18 heteroatoms. The molecule has 2 rings (SSSR count). The number of hydrogen-bond donors (Lipinski definition) is 8. The Hall–Kier alpha value is -5.33. The van der Waals surface area contributed by atoms with Gasteiger partial charge in [-0.25, -0.2) is 17.9 Å². The van der Waals surface area contributed by atoms with Crippen LogP contribution in [0.2, 0.25) is 0 Å². The second-order valence-corrected chi connectivity index (χ2v) is 19.5. The molecule has 62 heavy (non-hydrogen) atoms. The summed E-state index contributed by atoms with van der Waals surface area (Å²) in [4.78, 5) is 80.5. The number of benzene rings is 2. The third-order valence-electron chi connectivity index (χ3n) is 10.7. The first-order valence-corrected chi connectivity index (χ1v) is 22.2. The number of nitrogens with two attached hydrogens (primary N) is 2. The summed E-state index contributed by atoms with van der Waals surface area (Å²) in [5.74, 6) is -3.64. The van der Waals surface area contributed by atoms with Crippen LogP contribution in [-0.2, 0) is 39.4 Å². The zero-order valence-corrected chi connectivity index (χ0v) is 39.0. The monoisotopic (exact) mass is 883 g/mol. The van der Waals surface area contributed by atoms with Crippen LogP contribution in [0.4, 0.5) is 10.5 Å². The van der Waals surface area contributed by atoms with Crippen LogP contribution in [0.25, 0.3) is 0 Å². The second-order valence-electron chi connectivity index (χ2n) is 17.8. The van der Waals surface area contributed by atoms with Crippen molar-refractivity contribution in [3.05, 3.63) is 71.8 Å². The largest absolute Gasteiger partial charge is 0.352 e. The number of likely N-dealkylation sites (N-methyl/N-ethyl adjacent to an activating group) is 2. The van der Waals surface area contributed by atoms with E-state index in [1.54, 1.807) is 27.9 Å². The van der Waals surface area contributed by atoms with Crippen LogP contribution in [0.15, 0.2) is 71.1 Å². The topological polar surface area (TPSA) is 264 Å². The summed E-state index contributed by atoms with van der Waals surface area (Å²) < 4.78 is 29.6. The number of para-hydroxylation sites is 1. The van der Waals surface area contributed by atoms with Gasteiger partial charge in [-0.3, -0.25) is 24.0 Å².